The molecule has 0 radical (unpaired) electrons. The second kappa shape index (κ2) is 16.3. The molecule has 0 aromatic carbocycles. The molecule has 1 N–H and O–H groups in total. The van der Waals surface area contributed by atoms with Crippen LogP contribution < -0.4 is 5.32 Å². The van der Waals surface area contributed by atoms with Crippen molar-refractivity contribution in [3.63, 3.8) is 0 Å². The summed E-state index contributed by atoms with van der Waals surface area (Å²) in [6.45, 7) is 5.71. The summed E-state index contributed by atoms with van der Waals surface area (Å²) in [5.41, 5.74) is 0. The molecule has 3 heteroatoms. The molecule has 0 aromatic heterocycles. The predicted molar refractivity (Wildman–Crippen MR) is 86.1 cm³/mol. The van der Waals surface area contributed by atoms with Crippen molar-refractivity contribution in [2.45, 2.75) is 90.9 Å². The maximum atomic E-state index is 11.3. The van der Waals surface area contributed by atoms with Crippen LogP contribution in [0, 0.1) is 0 Å². The van der Waals surface area contributed by atoms with Crippen LogP contribution in [0.2, 0.25) is 0 Å². The van der Waals surface area contributed by atoms with E-state index in [1.165, 1.54) is 64.2 Å². The van der Waals surface area contributed by atoms with Crippen LogP contribution in [0.5, 0.6) is 0 Å². The van der Waals surface area contributed by atoms with E-state index < -0.39 is 0 Å². The molecule has 120 valence electrons. The van der Waals surface area contributed by atoms with Gasteiger partial charge >= 0.3 is 6.09 Å². The fourth-order valence-electron chi connectivity index (χ4n) is 2.19. The number of unbranched alkanes of at least 4 members (excludes halogenated alkanes) is 10. The Morgan fingerprint density at radius 3 is 1.85 bits per heavy atom. The quantitative estimate of drug-likeness (QED) is 0.432. The highest BCUT2D eigenvalue weighted by Crippen LogP contribution is 2.09. The summed E-state index contributed by atoms with van der Waals surface area (Å²) in [6.07, 6.45) is 14.7. The molecule has 0 heterocycles. The molecule has 3 nitrogen and oxygen atoms in total. The van der Waals surface area contributed by atoms with Crippen molar-refractivity contribution in [1.82, 2.24) is 5.32 Å². The van der Waals surface area contributed by atoms with Gasteiger partial charge in [-0.05, 0) is 12.8 Å². The minimum atomic E-state index is -0.249. The molecule has 0 fully saturated rings. The summed E-state index contributed by atoms with van der Waals surface area (Å²) < 4.78 is 5.13. The Morgan fingerprint density at radius 2 is 1.25 bits per heavy atom. The zero-order chi connectivity index (χ0) is 14.9. The van der Waals surface area contributed by atoms with Gasteiger partial charge in [0.2, 0.25) is 0 Å². The van der Waals surface area contributed by atoms with E-state index in [2.05, 4.69) is 19.2 Å². The maximum absolute atomic E-state index is 11.3. The number of ether oxygens (including phenoxy) is 1. The van der Waals surface area contributed by atoms with Crippen LogP contribution in [-0.2, 0) is 4.74 Å². The van der Waals surface area contributed by atoms with Crippen LogP contribution in [0.4, 0.5) is 4.79 Å². The van der Waals surface area contributed by atoms with Gasteiger partial charge in [-0.15, -0.1) is 0 Å². The summed E-state index contributed by atoms with van der Waals surface area (Å²) in [7, 11) is 0. The van der Waals surface area contributed by atoms with E-state index in [1.54, 1.807) is 0 Å². The number of hydrogen-bond donors (Lipinski definition) is 1. The van der Waals surface area contributed by atoms with Gasteiger partial charge in [-0.2, -0.15) is 0 Å². The standard InChI is InChI=1S/C17H35NO2/c1-3-5-7-8-9-10-11-12-14-16-20-17(19)18-15-13-6-4-2/h3-16H2,1-2H3,(H,18,19). The van der Waals surface area contributed by atoms with Gasteiger partial charge in [0.15, 0.2) is 0 Å². The lowest BCUT2D eigenvalue weighted by atomic mass is 10.1. The largest absolute Gasteiger partial charge is 0.450 e. The molecule has 0 saturated carbocycles. The number of amides is 1. The highest BCUT2D eigenvalue weighted by molar-refractivity contribution is 5.66. The smallest absolute Gasteiger partial charge is 0.407 e. The molecule has 0 aliphatic heterocycles. The molecule has 1 amide bonds. The zero-order valence-corrected chi connectivity index (χ0v) is 13.7. The molecule has 0 aromatic rings. The van der Waals surface area contributed by atoms with E-state index >= 15 is 0 Å². The molecule has 0 aliphatic carbocycles. The van der Waals surface area contributed by atoms with E-state index in [0.717, 1.165) is 19.4 Å². The molecular formula is C17H35NO2. The summed E-state index contributed by atoms with van der Waals surface area (Å²) >= 11 is 0. The summed E-state index contributed by atoms with van der Waals surface area (Å²) in [4.78, 5) is 11.3. The Bertz CT molecular complexity index is 207. The van der Waals surface area contributed by atoms with Crippen LogP contribution in [0.3, 0.4) is 0 Å². The van der Waals surface area contributed by atoms with Gasteiger partial charge in [0.25, 0.3) is 0 Å². The van der Waals surface area contributed by atoms with Crippen molar-refractivity contribution < 1.29 is 9.53 Å². The number of nitrogens with one attached hydrogen (secondary N) is 1. The van der Waals surface area contributed by atoms with Crippen molar-refractivity contribution in [2.75, 3.05) is 13.2 Å². The number of rotatable bonds is 14. The van der Waals surface area contributed by atoms with Crippen LogP contribution in [0.1, 0.15) is 90.9 Å². The summed E-state index contributed by atoms with van der Waals surface area (Å²) in [5, 5.41) is 2.79. The number of carbonyl (C=O) groups is 1. The van der Waals surface area contributed by atoms with Gasteiger partial charge in [0.1, 0.15) is 0 Å². The number of hydrogen-bond acceptors (Lipinski definition) is 2. The molecule has 0 saturated heterocycles. The van der Waals surface area contributed by atoms with E-state index in [1.807, 2.05) is 0 Å². The van der Waals surface area contributed by atoms with Crippen molar-refractivity contribution in [3.05, 3.63) is 0 Å². The molecule has 0 unspecified atom stereocenters. The van der Waals surface area contributed by atoms with E-state index in [0.29, 0.717) is 6.61 Å². The highest BCUT2D eigenvalue weighted by Gasteiger charge is 2.00. The normalized spacial score (nSPS) is 10.5. The average molecular weight is 285 g/mol. The molecular weight excluding hydrogens is 250 g/mol. The SMILES string of the molecule is CCCCCCCCCCCOC(=O)NCCCCC. The van der Waals surface area contributed by atoms with Crippen LogP contribution >= 0.6 is 0 Å². The Balaban J connectivity index is 3.09. The fraction of sp³-hybridized carbons (Fsp3) is 0.941. The molecule has 0 spiro atoms. The Kier molecular flexibility index (Phi) is 15.7. The van der Waals surface area contributed by atoms with Crippen LogP contribution in [-0.4, -0.2) is 19.2 Å². The lowest BCUT2D eigenvalue weighted by molar-refractivity contribution is 0.143. The van der Waals surface area contributed by atoms with Crippen LogP contribution in [0.25, 0.3) is 0 Å². The lowest BCUT2D eigenvalue weighted by Gasteiger charge is -2.06. The molecule has 20 heavy (non-hydrogen) atoms. The molecule has 0 atom stereocenters. The van der Waals surface area contributed by atoms with Crippen LogP contribution in [0.15, 0.2) is 0 Å². The van der Waals surface area contributed by atoms with Gasteiger partial charge in [0, 0.05) is 6.54 Å². The van der Waals surface area contributed by atoms with E-state index in [4.69, 9.17) is 4.74 Å². The van der Waals surface area contributed by atoms with E-state index in [-0.39, 0.29) is 6.09 Å². The van der Waals surface area contributed by atoms with Crippen molar-refractivity contribution in [2.24, 2.45) is 0 Å². The first-order chi connectivity index (χ1) is 9.81. The molecule has 0 rings (SSSR count). The number of carbonyl (C=O) groups excluding carboxylic acids is 1. The Labute approximate surface area is 125 Å². The average Bonchev–Trinajstić information content (AvgIpc) is 2.45. The minimum Gasteiger partial charge on any atom is -0.450 e. The van der Waals surface area contributed by atoms with Gasteiger partial charge in [0.05, 0.1) is 6.61 Å². The third-order valence-electron chi connectivity index (χ3n) is 3.53. The Morgan fingerprint density at radius 1 is 0.750 bits per heavy atom. The first kappa shape index (κ1) is 19.3. The monoisotopic (exact) mass is 285 g/mol. The first-order valence-electron chi connectivity index (χ1n) is 8.71. The van der Waals surface area contributed by atoms with Crippen molar-refractivity contribution >= 4 is 6.09 Å². The second-order valence-electron chi connectivity index (χ2n) is 5.60. The van der Waals surface area contributed by atoms with Crippen molar-refractivity contribution in [3.8, 4) is 0 Å². The summed E-state index contributed by atoms with van der Waals surface area (Å²) in [5.74, 6) is 0. The van der Waals surface area contributed by atoms with Crippen molar-refractivity contribution in [1.29, 1.82) is 0 Å². The van der Waals surface area contributed by atoms with Gasteiger partial charge in [-0.3, -0.25) is 0 Å². The second-order valence-corrected chi connectivity index (χ2v) is 5.60. The fourth-order valence-corrected chi connectivity index (χ4v) is 2.19. The van der Waals surface area contributed by atoms with Gasteiger partial charge < -0.3 is 10.1 Å². The number of alkyl carbamates (subject to hydrolysis) is 1. The van der Waals surface area contributed by atoms with E-state index in [9.17, 15) is 4.79 Å². The van der Waals surface area contributed by atoms with Gasteiger partial charge in [-0.25, -0.2) is 4.79 Å². The maximum Gasteiger partial charge on any atom is 0.407 e. The summed E-state index contributed by atoms with van der Waals surface area (Å²) in [6, 6.07) is 0. The highest BCUT2D eigenvalue weighted by atomic mass is 16.5. The third kappa shape index (κ3) is 15.3. The molecule has 0 aliphatic rings. The third-order valence-corrected chi connectivity index (χ3v) is 3.53. The van der Waals surface area contributed by atoms with Gasteiger partial charge in [-0.1, -0.05) is 78.1 Å². The predicted octanol–water partition coefficient (Wildman–Crippen LogP) is 5.43. The first-order valence-corrected chi connectivity index (χ1v) is 8.71. The lowest BCUT2D eigenvalue weighted by Crippen LogP contribution is -2.25. The minimum absolute atomic E-state index is 0.249. The molecule has 0 bridgehead atoms. The topological polar surface area (TPSA) is 38.3 Å². The zero-order valence-electron chi connectivity index (χ0n) is 13.7. The Hall–Kier alpha value is -0.730.